The maximum absolute atomic E-state index is 14.1. The van der Waals surface area contributed by atoms with Crippen molar-refractivity contribution in [3.05, 3.63) is 46.9 Å². The summed E-state index contributed by atoms with van der Waals surface area (Å²) in [5.74, 6) is 0.177. The third-order valence-corrected chi connectivity index (χ3v) is 5.77. The van der Waals surface area contributed by atoms with Crippen molar-refractivity contribution >= 4 is 11.5 Å². The second-order valence-corrected chi connectivity index (χ2v) is 7.97. The Labute approximate surface area is 180 Å². The number of nitrogens with zero attached hydrogens (tertiary/aromatic N) is 2. The maximum Gasteiger partial charge on any atom is 0.260 e. The lowest BCUT2D eigenvalue weighted by atomic mass is 9.76. The van der Waals surface area contributed by atoms with E-state index in [1.54, 1.807) is 6.07 Å². The minimum Gasteiger partial charge on any atom is -0.490 e. The summed E-state index contributed by atoms with van der Waals surface area (Å²) in [6.07, 6.45) is 2.93. The molecule has 1 aromatic carbocycles. The van der Waals surface area contributed by atoms with Crippen LogP contribution in [0.15, 0.2) is 35.5 Å². The predicted octanol–water partition coefficient (Wildman–Crippen LogP) is 3.44. The Bertz CT molecular complexity index is 1060. The van der Waals surface area contributed by atoms with Gasteiger partial charge in [0.25, 0.3) is 5.88 Å². The third-order valence-electron chi connectivity index (χ3n) is 5.77. The molecule has 162 valence electrons. The Morgan fingerprint density at radius 1 is 1.29 bits per heavy atom. The van der Waals surface area contributed by atoms with Gasteiger partial charge in [-0.3, -0.25) is 4.79 Å². The number of ether oxygens (including phenoxy) is 2. The summed E-state index contributed by atoms with van der Waals surface area (Å²) < 4.78 is 24.6. The number of allylic oxidation sites excluding steroid dienone is 1. The summed E-state index contributed by atoms with van der Waals surface area (Å²) in [7, 11) is 2.95. The standard InChI is InChI=1S/C23H25FN4O3/c1-12(6-15-10-26-15)21-18(25)7-13(8-19(21)29)16-5-4-14(24)9-17(16)22-27-11-20(30-2)23(28-22)31-3/h4-5,9,11,13,15,25-26H,6-8,10H2,1-3H3/b21-12+,25-18?/t13-,15?/m0/s1. The molecule has 31 heavy (non-hydrogen) atoms. The third kappa shape index (κ3) is 4.34. The molecule has 1 aliphatic heterocycles. The first-order valence-electron chi connectivity index (χ1n) is 10.2. The molecule has 1 aromatic heterocycles. The van der Waals surface area contributed by atoms with E-state index in [1.165, 1.54) is 32.5 Å². The van der Waals surface area contributed by atoms with E-state index in [0.717, 1.165) is 24.1 Å². The van der Waals surface area contributed by atoms with E-state index in [2.05, 4.69) is 15.3 Å². The number of hydrogen-bond acceptors (Lipinski definition) is 7. The average Bonchev–Trinajstić information content (AvgIpc) is 3.56. The van der Waals surface area contributed by atoms with Crippen LogP contribution in [-0.4, -0.2) is 48.3 Å². The maximum atomic E-state index is 14.1. The van der Waals surface area contributed by atoms with Crippen molar-refractivity contribution in [2.75, 3.05) is 20.8 Å². The van der Waals surface area contributed by atoms with Crippen LogP contribution in [0.3, 0.4) is 0 Å². The Kier molecular flexibility index (Phi) is 5.82. The number of carbonyl (C=O) groups is 1. The molecule has 2 aliphatic rings. The van der Waals surface area contributed by atoms with E-state index in [9.17, 15) is 9.18 Å². The number of aromatic nitrogens is 2. The number of rotatable bonds is 6. The summed E-state index contributed by atoms with van der Waals surface area (Å²) >= 11 is 0. The zero-order chi connectivity index (χ0) is 22.1. The molecule has 1 aliphatic carbocycles. The van der Waals surface area contributed by atoms with Gasteiger partial charge in [0.15, 0.2) is 17.4 Å². The minimum absolute atomic E-state index is 0.0390. The Morgan fingerprint density at radius 3 is 2.71 bits per heavy atom. The molecule has 2 fully saturated rings. The summed E-state index contributed by atoms with van der Waals surface area (Å²) in [5, 5.41) is 11.8. The first-order valence-corrected chi connectivity index (χ1v) is 10.2. The number of carbonyl (C=O) groups excluding carboxylic acids is 1. The molecule has 0 spiro atoms. The smallest absolute Gasteiger partial charge is 0.260 e. The minimum atomic E-state index is -0.428. The van der Waals surface area contributed by atoms with Crippen LogP contribution < -0.4 is 14.8 Å². The van der Waals surface area contributed by atoms with E-state index >= 15 is 0 Å². The van der Waals surface area contributed by atoms with Crippen LogP contribution in [0.5, 0.6) is 11.6 Å². The van der Waals surface area contributed by atoms with Crippen molar-refractivity contribution in [3.8, 4) is 23.0 Å². The van der Waals surface area contributed by atoms with Gasteiger partial charge in [0, 0.05) is 35.9 Å². The van der Waals surface area contributed by atoms with Gasteiger partial charge in [-0.15, -0.1) is 0 Å². The van der Waals surface area contributed by atoms with Gasteiger partial charge in [-0.05, 0) is 43.4 Å². The second kappa shape index (κ2) is 8.55. The molecular weight excluding hydrogens is 399 g/mol. The van der Waals surface area contributed by atoms with Crippen LogP contribution in [-0.2, 0) is 4.79 Å². The molecule has 1 unspecified atom stereocenters. The van der Waals surface area contributed by atoms with Gasteiger partial charge in [-0.2, -0.15) is 4.98 Å². The Hall–Kier alpha value is -3.13. The molecule has 1 saturated heterocycles. The number of methoxy groups -OCH3 is 2. The topological polar surface area (TPSA) is 107 Å². The van der Waals surface area contributed by atoms with Gasteiger partial charge >= 0.3 is 0 Å². The number of nitrogens with one attached hydrogen (secondary N) is 2. The first-order chi connectivity index (χ1) is 14.9. The number of ketones is 1. The highest BCUT2D eigenvalue weighted by molar-refractivity contribution is 6.24. The van der Waals surface area contributed by atoms with Crippen molar-refractivity contribution in [3.63, 3.8) is 0 Å². The van der Waals surface area contributed by atoms with Gasteiger partial charge < -0.3 is 20.2 Å². The van der Waals surface area contributed by atoms with Crippen molar-refractivity contribution in [2.24, 2.45) is 0 Å². The van der Waals surface area contributed by atoms with Gasteiger partial charge in [-0.25, -0.2) is 9.37 Å². The SMILES string of the molecule is COc1cnc(-c2cc(F)ccc2[C@H]2CC(=N)/C(=C(/C)CC3CN3)C(=O)C2)nc1OC. The second-order valence-electron chi connectivity index (χ2n) is 7.97. The molecule has 0 amide bonds. The van der Waals surface area contributed by atoms with Gasteiger partial charge in [0.1, 0.15) is 5.82 Å². The van der Waals surface area contributed by atoms with Crippen molar-refractivity contribution in [1.82, 2.24) is 15.3 Å². The zero-order valence-electron chi connectivity index (χ0n) is 17.8. The monoisotopic (exact) mass is 424 g/mol. The van der Waals surface area contributed by atoms with Crippen LogP contribution >= 0.6 is 0 Å². The predicted molar refractivity (Wildman–Crippen MR) is 114 cm³/mol. The lowest BCUT2D eigenvalue weighted by Crippen LogP contribution is -2.26. The molecule has 2 atom stereocenters. The van der Waals surface area contributed by atoms with Gasteiger partial charge in [0.2, 0.25) is 0 Å². The van der Waals surface area contributed by atoms with Crippen LogP contribution in [0.1, 0.15) is 37.7 Å². The number of hydrogen-bond donors (Lipinski definition) is 2. The van der Waals surface area contributed by atoms with Crippen LogP contribution in [0.4, 0.5) is 4.39 Å². The molecule has 1 saturated carbocycles. The average molecular weight is 424 g/mol. The number of halogens is 1. The highest BCUT2D eigenvalue weighted by Gasteiger charge is 2.33. The molecule has 0 radical (unpaired) electrons. The van der Waals surface area contributed by atoms with Crippen LogP contribution in [0.25, 0.3) is 11.4 Å². The fraction of sp³-hybridized carbons (Fsp3) is 0.391. The molecule has 0 bridgehead atoms. The van der Waals surface area contributed by atoms with Crippen LogP contribution in [0, 0.1) is 11.2 Å². The van der Waals surface area contributed by atoms with Crippen molar-refractivity contribution in [2.45, 2.75) is 38.1 Å². The first kappa shape index (κ1) is 21.1. The van der Waals surface area contributed by atoms with Crippen LogP contribution in [0.2, 0.25) is 0 Å². The molecule has 2 heterocycles. The summed E-state index contributed by atoms with van der Waals surface area (Å²) in [6, 6.07) is 4.80. The van der Waals surface area contributed by atoms with Crippen molar-refractivity contribution < 1.29 is 18.7 Å². The molecular formula is C23H25FN4O3. The van der Waals surface area contributed by atoms with E-state index in [-0.39, 0.29) is 29.8 Å². The largest absolute Gasteiger partial charge is 0.490 e. The van der Waals surface area contributed by atoms with E-state index in [4.69, 9.17) is 14.9 Å². The van der Waals surface area contributed by atoms with E-state index < -0.39 is 5.82 Å². The van der Waals surface area contributed by atoms with Crippen molar-refractivity contribution in [1.29, 1.82) is 5.41 Å². The van der Waals surface area contributed by atoms with Gasteiger partial charge in [0.05, 0.1) is 20.4 Å². The lowest BCUT2D eigenvalue weighted by molar-refractivity contribution is -0.115. The fourth-order valence-electron chi connectivity index (χ4n) is 4.18. The van der Waals surface area contributed by atoms with E-state index in [0.29, 0.717) is 35.1 Å². The Morgan fingerprint density at radius 2 is 2.06 bits per heavy atom. The quantitative estimate of drug-likeness (QED) is 0.543. The molecule has 4 rings (SSSR count). The molecule has 7 nitrogen and oxygen atoms in total. The highest BCUT2D eigenvalue weighted by atomic mass is 19.1. The summed E-state index contributed by atoms with van der Waals surface area (Å²) in [4.78, 5) is 21.6. The fourth-order valence-corrected chi connectivity index (χ4v) is 4.18. The normalized spacial score (nSPS) is 22.3. The summed E-state index contributed by atoms with van der Waals surface area (Å²) in [5.41, 5.74) is 3.08. The highest BCUT2D eigenvalue weighted by Crippen LogP contribution is 2.39. The lowest BCUT2D eigenvalue weighted by Gasteiger charge is -2.27. The zero-order valence-corrected chi connectivity index (χ0v) is 17.8. The number of benzene rings is 1. The van der Waals surface area contributed by atoms with Gasteiger partial charge in [-0.1, -0.05) is 11.6 Å². The molecule has 2 N–H and O–H groups in total. The van der Waals surface area contributed by atoms with E-state index in [1.807, 2.05) is 6.92 Å². The molecule has 8 heteroatoms. The Balaban J connectivity index is 1.68. The number of Topliss-reactive ketones (excluding diaryl/α,β-unsaturated/α-hetero) is 1. The summed E-state index contributed by atoms with van der Waals surface area (Å²) in [6.45, 7) is 2.89. The molecule has 2 aromatic rings.